The number of carbonyl (C=O) groups excluding carboxylic acids is 3. The number of Topliss-reactive ketones (excluding diaryl/α,β-unsaturated/α-hetero) is 2. The van der Waals surface area contributed by atoms with E-state index in [1.54, 1.807) is 6.92 Å². The van der Waals surface area contributed by atoms with Crippen molar-refractivity contribution in [3.05, 3.63) is 76.0 Å². The van der Waals surface area contributed by atoms with E-state index in [1.165, 1.54) is 24.5 Å². The van der Waals surface area contributed by atoms with Crippen LogP contribution in [0, 0.1) is 6.92 Å². The van der Waals surface area contributed by atoms with Crippen LogP contribution in [-0.2, 0) is 31.8 Å². The number of fused-ring (bicyclic) bond motifs is 5. The summed E-state index contributed by atoms with van der Waals surface area (Å²) in [5, 5.41) is 6.33. The number of rotatable bonds is 8. The average molecular weight is 597 g/mol. The van der Waals surface area contributed by atoms with E-state index < -0.39 is 41.4 Å². The van der Waals surface area contributed by atoms with Crippen LogP contribution in [0.5, 0.6) is 5.75 Å². The highest BCUT2D eigenvalue weighted by molar-refractivity contribution is 6.53. The predicted octanol–water partition coefficient (Wildman–Crippen LogP) is 6.05. The molecule has 0 unspecified atom stereocenters. The van der Waals surface area contributed by atoms with E-state index in [0.717, 1.165) is 17.2 Å². The van der Waals surface area contributed by atoms with E-state index >= 15 is 0 Å². The number of ketones is 2. The molecule has 0 fully saturated rings. The van der Waals surface area contributed by atoms with Gasteiger partial charge in [0.1, 0.15) is 18.1 Å². The molecular weight excluding hydrogens is 569 g/mol. The third kappa shape index (κ3) is 4.73. The second-order valence-electron chi connectivity index (χ2n) is 11.3. The van der Waals surface area contributed by atoms with E-state index in [-0.39, 0.29) is 30.6 Å². The number of nitrogens with zero attached hydrogens (tertiary/aromatic N) is 2. The third-order valence-corrected chi connectivity index (χ3v) is 8.30. The molecule has 0 amide bonds. The molecule has 3 aromatic rings. The lowest BCUT2D eigenvalue weighted by molar-refractivity contribution is -0.166. The lowest BCUT2D eigenvalue weighted by atomic mass is 9.67. The van der Waals surface area contributed by atoms with Crippen molar-refractivity contribution >= 4 is 17.5 Å². The van der Waals surface area contributed by atoms with Gasteiger partial charge < -0.3 is 18.6 Å². The second kappa shape index (κ2) is 10.1. The maximum Gasteiger partial charge on any atom is 0.442 e. The van der Waals surface area contributed by atoms with Gasteiger partial charge in [0.15, 0.2) is 6.61 Å². The first-order valence-corrected chi connectivity index (χ1v) is 13.7. The van der Waals surface area contributed by atoms with E-state index in [0.29, 0.717) is 40.9 Å². The zero-order valence-corrected chi connectivity index (χ0v) is 23.5. The molecular formula is C31H27F3N2O7. The van der Waals surface area contributed by atoms with Crippen molar-refractivity contribution in [2.75, 3.05) is 19.8 Å². The van der Waals surface area contributed by atoms with Crippen molar-refractivity contribution in [2.24, 2.45) is 10.2 Å². The molecule has 0 saturated carbocycles. The predicted molar refractivity (Wildman–Crippen MR) is 144 cm³/mol. The van der Waals surface area contributed by atoms with E-state index in [9.17, 15) is 27.6 Å². The highest BCUT2D eigenvalue weighted by Crippen LogP contribution is 2.52. The number of aryl methyl sites for hydroxylation is 1. The molecule has 12 heteroatoms. The lowest BCUT2D eigenvalue weighted by Crippen LogP contribution is -2.42. The number of carbonyl (C=O) groups is 3. The molecule has 3 aliphatic rings. The van der Waals surface area contributed by atoms with Crippen LogP contribution in [0.1, 0.15) is 63.2 Å². The largest absolute Gasteiger partial charge is 0.482 e. The SMILES string of the molecule is Cc1coc2c1C(=O)C(=O)c1c-2ccc2c1CC[C@H](OCCOC(=O)COc1cccc(C3(C(F)(F)F)N=N3)c1)C2(C)C. The summed E-state index contributed by atoms with van der Waals surface area (Å²) in [5.74, 6) is -1.33. The molecule has 1 aliphatic heterocycles. The molecule has 9 nitrogen and oxygen atoms in total. The van der Waals surface area contributed by atoms with Crippen molar-refractivity contribution in [1.82, 2.24) is 0 Å². The Morgan fingerprint density at radius 2 is 1.81 bits per heavy atom. The Balaban J connectivity index is 1.04. The van der Waals surface area contributed by atoms with Crippen molar-refractivity contribution < 1.29 is 46.2 Å². The first-order valence-electron chi connectivity index (χ1n) is 13.7. The monoisotopic (exact) mass is 596 g/mol. The molecule has 2 heterocycles. The van der Waals surface area contributed by atoms with Crippen LogP contribution < -0.4 is 4.74 Å². The first kappa shape index (κ1) is 28.8. The zero-order chi connectivity index (χ0) is 30.7. The Labute approximate surface area is 244 Å². The summed E-state index contributed by atoms with van der Waals surface area (Å²) >= 11 is 0. The van der Waals surface area contributed by atoms with Gasteiger partial charge in [-0.3, -0.25) is 9.59 Å². The summed E-state index contributed by atoms with van der Waals surface area (Å²) in [5.41, 5.74) is 0.399. The Hall–Kier alpha value is -4.32. The van der Waals surface area contributed by atoms with E-state index in [1.807, 2.05) is 26.0 Å². The first-order chi connectivity index (χ1) is 20.3. The van der Waals surface area contributed by atoms with Gasteiger partial charge in [0.25, 0.3) is 0 Å². The highest BCUT2D eigenvalue weighted by atomic mass is 19.4. The third-order valence-electron chi connectivity index (χ3n) is 8.30. The Bertz CT molecular complexity index is 1680. The van der Waals surface area contributed by atoms with Gasteiger partial charge in [-0.15, -0.1) is 10.2 Å². The molecule has 224 valence electrons. The number of esters is 1. The minimum atomic E-state index is -4.67. The molecule has 0 bridgehead atoms. The number of hydrogen-bond donors (Lipinski definition) is 0. The normalized spacial score (nSPS) is 19.3. The summed E-state index contributed by atoms with van der Waals surface area (Å²) in [6.45, 7) is 5.27. The fraction of sp³-hybridized carbons (Fsp3) is 0.387. The fourth-order valence-corrected chi connectivity index (χ4v) is 5.99. The molecule has 6 rings (SSSR count). The Kier molecular flexibility index (Phi) is 6.79. The number of benzene rings is 2. The van der Waals surface area contributed by atoms with Gasteiger partial charge >= 0.3 is 17.8 Å². The number of alkyl halides is 3. The molecule has 43 heavy (non-hydrogen) atoms. The van der Waals surface area contributed by atoms with Gasteiger partial charge in [-0.2, -0.15) is 13.2 Å². The Morgan fingerprint density at radius 3 is 2.53 bits per heavy atom. The molecule has 2 aliphatic carbocycles. The zero-order valence-electron chi connectivity index (χ0n) is 23.5. The minimum Gasteiger partial charge on any atom is -0.482 e. The topological polar surface area (TPSA) is 117 Å². The summed E-state index contributed by atoms with van der Waals surface area (Å²) in [6, 6.07) is 8.93. The van der Waals surface area contributed by atoms with Crippen LogP contribution in [0.3, 0.4) is 0 Å². The Morgan fingerprint density at radius 1 is 1.07 bits per heavy atom. The van der Waals surface area contributed by atoms with Gasteiger partial charge in [0, 0.05) is 22.1 Å². The van der Waals surface area contributed by atoms with Crippen molar-refractivity contribution in [2.45, 2.75) is 57.0 Å². The van der Waals surface area contributed by atoms with Crippen LogP contribution in [0.4, 0.5) is 13.2 Å². The van der Waals surface area contributed by atoms with Crippen molar-refractivity contribution in [3.8, 4) is 17.1 Å². The lowest BCUT2D eigenvalue weighted by Gasteiger charge is -2.41. The van der Waals surface area contributed by atoms with Crippen LogP contribution >= 0.6 is 0 Å². The van der Waals surface area contributed by atoms with Crippen LogP contribution in [0.25, 0.3) is 11.3 Å². The second-order valence-corrected chi connectivity index (χ2v) is 11.3. The van der Waals surface area contributed by atoms with Crippen LogP contribution in [0.2, 0.25) is 0 Å². The van der Waals surface area contributed by atoms with Crippen molar-refractivity contribution in [1.29, 1.82) is 0 Å². The summed E-state index contributed by atoms with van der Waals surface area (Å²) < 4.78 is 62.1. The van der Waals surface area contributed by atoms with Crippen LogP contribution in [-0.4, -0.2) is 49.6 Å². The van der Waals surface area contributed by atoms with E-state index in [4.69, 9.17) is 18.6 Å². The highest BCUT2D eigenvalue weighted by Gasteiger charge is 2.65. The van der Waals surface area contributed by atoms with Crippen molar-refractivity contribution in [3.63, 3.8) is 0 Å². The molecule has 1 aromatic heterocycles. The number of hydrogen-bond acceptors (Lipinski definition) is 9. The number of ether oxygens (including phenoxy) is 3. The van der Waals surface area contributed by atoms with Crippen LogP contribution in [0.15, 0.2) is 57.3 Å². The van der Waals surface area contributed by atoms with E-state index in [2.05, 4.69) is 10.2 Å². The molecule has 0 radical (unpaired) electrons. The minimum absolute atomic E-state index is 0.0509. The van der Waals surface area contributed by atoms with Gasteiger partial charge in [0.2, 0.25) is 11.6 Å². The van der Waals surface area contributed by atoms with Gasteiger partial charge in [0.05, 0.1) is 24.5 Å². The smallest absolute Gasteiger partial charge is 0.442 e. The number of halogens is 3. The molecule has 2 aromatic carbocycles. The molecule has 0 saturated heterocycles. The average Bonchev–Trinajstić information content (AvgIpc) is 3.70. The molecule has 0 spiro atoms. The molecule has 0 N–H and O–H groups in total. The van der Waals surface area contributed by atoms with Gasteiger partial charge in [-0.25, -0.2) is 4.79 Å². The van der Waals surface area contributed by atoms with Gasteiger partial charge in [-0.05, 0) is 48.6 Å². The summed E-state index contributed by atoms with van der Waals surface area (Å²) in [6.07, 6.45) is -2.34. The summed E-state index contributed by atoms with van der Waals surface area (Å²) in [7, 11) is 0. The fourth-order valence-electron chi connectivity index (χ4n) is 5.99. The molecule has 1 atom stereocenters. The quantitative estimate of drug-likeness (QED) is 0.177. The number of furan rings is 1. The van der Waals surface area contributed by atoms with Gasteiger partial charge in [-0.1, -0.05) is 38.1 Å². The summed E-state index contributed by atoms with van der Waals surface area (Å²) in [4.78, 5) is 38.3. The maximum atomic E-state index is 13.3. The standard InChI is InChI=1S/C31H27F3N2O7/c1-16-14-43-28-20-7-9-21-19(25(20)27(39)26(38)24(16)28)8-10-22(29(21,2)3)40-11-12-41-23(37)15-42-18-6-4-5-17(13-18)30(35-36-30)31(32,33)34/h4-7,9,13-14,22H,8,10-12,15H2,1-3H3/t22-/m0/s1. The maximum absolute atomic E-state index is 13.3.